The molecule has 4 nitrogen and oxygen atoms in total. The Labute approximate surface area is 81.9 Å². The summed E-state index contributed by atoms with van der Waals surface area (Å²) in [5, 5.41) is 8.53. The van der Waals surface area contributed by atoms with E-state index in [9.17, 15) is 4.79 Å². The van der Waals surface area contributed by atoms with E-state index in [0.29, 0.717) is 0 Å². The Morgan fingerprint density at radius 3 is 2.64 bits per heavy atom. The van der Waals surface area contributed by atoms with Gasteiger partial charge in [0.1, 0.15) is 6.07 Å². The summed E-state index contributed by atoms with van der Waals surface area (Å²) in [4.78, 5) is 10.4. The molecule has 0 amide bonds. The van der Waals surface area contributed by atoms with E-state index in [1.807, 2.05) is 30.3 Å². The summed E-state index contributed by atoms with van der Waals surface area (Å²) < 4.78 is 4.96. The lowest BCUT2D eigenvalue weighted by Gasteiger charge is -2.14. The van der Waals surface area contributed by atoms with Gasteiger partial charge in [-0.15, -0.1) is 0 Å². The van der Waals surface area contributed by atoms with Crippen LogP contribution in [0.3, 0.4) is 0 Å². The number of nitrogens with zero attached hydrogens (tertiary/aromatic N) is 1. The minimum absolute atomic E-state index is 0.142. The van der Waals surface area contributed by atoms with Crippen LogP contribution in [-0.2, 0) is 16.1 Å². The highest BCUT2D eigenvalue weighted by atomic mass is 16.5. The molecule has 0 radical (unpaired) electrons. The summed E-state index contributed by atoms with van der Waals surface area (Å²) >= 11 is 0. The highest BCUT2D eigenvalue weighted by molar-refractivity contribution is 5.66. The van der Waals surface area contributed by atoms with Crippen molar-refractivity contribution in [1.29, 1.82) is 5.26 Å². The summed E-state index contributed by atoms with van der Waals surface area (Å²) in [5.41, 5.74) is 4.32. The molecule has 0 bridgehead atoms. The number of ether oxygens (including phenoxy) is 1. The molecular weight excluding hydrogens is 180 g/mol. The minimum atomic E-state index is -1.84. The van der Waals surface area contributed by atoms with E-state index >= 15 is 0 Å². The van der Waals surface area contributed by atoms with Crippen molar-refractivity contribution in [2.24, 2.45) is 5.73 Å². The molecule has 1 unspecified atom stereocenters. The topological polar surface area (TPSA) is 76.1 Å². The molecule has 0 saturated heterocycles. The van der Waals surface area contributed by atoms with E-state index in [4.69, 9.17) is 15.7 Å². The van der Waals surface area contributed by atoms with Gasteiger partial charge in [0.15, 0.2) is 6.29 Å². The number of nitriles is 1. The molecule has 0 saturated carbocycles. The van der Waals surface area contributed by atoms with Crippen LogP contribution in [-0.4, -0.2) is 12.0 Å². The normalized spacial score (nSPS) is 14.0. The van der Waals surface area contributed by atoms with Crippen LogP contribution < -0.4 is 5.73 Å². The predicted molar refractivity (Wildman–Crippen MR) is 49.8 cm³/mol. The third kappa shape index (κ3) is 2.66. The van der Waals surface area contributed by atoms with Crippen molar-refractivity contribution in [2.45, 2.75) is 12.3 Å². The average Bonchev–Trinajstić information content (AvgIpc) is 2.27. The summed E-state index contributed by atoms with van der Waals surface area (Å²) in [6.07, 6.45) is 0.288. The molecule has 1 rings (SSSR count). The van der Waals surface area contributed by atoms with Gasteiger partial charge < -0.3 is 4.74 Å². The summed E-state index contributed by atoms with van der Waals surface area (Å²) in [5.74, 6) is 0. The van der Waals surface area contributed by atoms with Crippen LogP contribution in [0.1, 0.15) is 5.56 Å². The van der Waals surface area contributed by atoms with Gasteiger partial charge >= 0.3 is 0 Å². The van der Waals surface area contributed by atoms with E-state index in [0.717, 1.165) is 5.56 Å². The first kappa shape index (κ1) is 10.4. The van der Waals surface area contributed by atoms with Crippen molar-refractivity contribution in [1.82, 2.24) is 0 Å². The Morgan fingerprint density at radius 2 is 2.14 bits per heavy atom. The number of carbonyl (C=O) groups excluding carboxylic acids is 1. The van der Waals surface area contributed by atoms with Crippen molar-refractivity contribution in [3.05, 3.63) is 35.9 Å². The first-order chi connectivity index (χ1) is 6.70. The van der Waals surface area contributed by atoms with Gasteiger partial charge in [0.2, 0.25) is 0 Å². The molecule has 1 atom stereocenters. The summed E-state index contributed by atoms with van der Waals surface area (Å²) in [6, 6.07) is 10.8. The van der Waals surface area contributed by atoms with Gasteiger partial charge in [0.05, 0.1) is 6.61 Å². The number of hydrogen-bond acceptors (Lipinski definition) is 4. The van der Waals surface area contributed by atoms with Crippen LogP contribution >= 0.6 is 0 Å². The van der Waals surface area contributed by atoms with Crippen LogP contribution in [0.5, 0.6) is 0 Å². The van der Waals surface area contributed by atoms with Crippen LogP contribution in [0.4, 0.5) is 0 Å². The van der Waals surface area contributed by atoms with E-state index in [1.54, 1.807) is 6.07 Å². The van der Waals surface area contributed by atoms with Gasteiger partial charge in [-0.2, -0.15) is 5.26 Å². The molecular formula is C10H10N2O2. The van der Waals surface area contributed by atoms with E-state index in [-0.39, 0.29) is 12.9 Å². The van der Waals surface area contributed by atoms with Crippen LogP contribution in [0, 0.1) is 11.3 Å². The lowest BCUT2D eigenvalue weighted by atomic mass is 10.2. The molecule has 0 aliphatic carbocycles. The Morgan fingerprint density at radius 1 is 1.50 bits per heavy atom. The molecule has 0 aromatic heterocycles. The van der Waals surface area contributed by atoms with E-state index < -0.39 is 5.72 Å². The molecule has 0 fully saturated rings. The maximum absolute atomic E-state index is 10.4. The zero-order chi connectivity index (χ0) is 10.4. The second-order valence-corrected chi connectivity index (χ2v) is 2.80. The van der Waals surface area contributed by atoms with Gasteiger partial charge in [0.25, 0.3) is 5.72 Å². The fraction of sp³-hybridized carbons (Fsp3) is 0.200. The standard InChI is InChI=1S/C10H10N2O2/c11-7-10(12,8-13)14-6-9-4-2-1-3-5-9/h1-5,8H,6,12H2. The van der Waals surface area contributed by atoms with Crippen molar-refractivity contribution in [3.8, 4) is 6.07 Å². The molecule has 2 N–H and O–H groups in total. The van der Waals surface area contributed by atoms with Crippen molar-refractivity contribution < 1.29 is 9.53 Å². The molecule has 0 aliphatic rings. The second kappa shape index (κ2) is 4.51. The van der Waals surface area contributed by atoms with Crippen LogP contribution in [0.25, 0.3) is 0 Å². The molecule has 1 aromatic rings. The Kier molecular flexibility index (Phi) is 3.35. The Hall–Kier alpha value is -1.70. The van der Waals surface area contributed by atoms with Gasteiger partial charge in [-0.05, 0) is 5.56 Å². The average molecular weight is 190 g/mol. The monoisotopic (exact) mass is 190 g/mol. The number of rotatable bonds is 4. The first-order valence-corrected chi connectivity index (χ1v) is 4.04. The van der Waals surface area contributed by atoms with Crippen molar-refractivity contribution in [3.63, 3.8) is 0 Å². The highest BCUT2D eigenvalue weighted by Gasteiger charge is 2.24. The van der Waals surface area contributed by atoms with E-state index in [2.05, 4.69) is 0 Å². The molecule has 0 heterocycles. The Balaban J connectivity index is 2.57. The Bertz CT molecular complexity index is 345. The highest BCUT2D eigenvalue weighted by Crippen LogP contribution is 2.05. The molecule has 72 valence electrons. The van der Waals surface area contributed by atoms with Gasteiger partial charge in [-0.1, -0.05) is 30.3 Å². The number of benzene rings is 1. The van der Waals surface area contributed by atoms with Crippen molar-refractivity contribution in [2.75, 3.05) is 0 Å². The number of hydrogen-bond donors (Lipinski definition) is 1. The number of nitrogens with two attached hydrogens (primary N) is 1. The summed E-state index contributed by atoms with van der Waals surface area (Å²) in [7, 11) is 0. The fourth-order valence-electron chi connectivity index (χ4n) is 0.870. The molecule has 14 heavy (non-hydrogen) atoms. The van der Waals surface area contributed by atoms with Gasteiger partial charge in [-0.25, -0.2) is 0 Å². The quantitative estimate of drug-likeness (QED) is 0.556. The van der Waals surface area contributed by atoms with Crippen LogP contribution in [0.15, 0.2) is 30.3 Å². The lowest BCUT2D eigenvalue weighted by Crippen LogP contribution is -2.42. The molecule has 0 spiro atoms. The zero-order valence-electron chi connectivity index (χ0n) is 7.51. The number of aldehydes is 1. The smallest absolute Gasteiger partial charge is 0.263 e. The molecule has 0 aliphatic heterocycles. The third-order valence-electron chi connectivity index (χ3n) is 1.67. The van der Waals surface area contributed by atoms with Crippen molar-refractivity contribution >= 4 is 6.29 Å². The molecule has 1 aromatic carbocycles. The van der Waals surface area contributed by atoms with Crippen LogP contribution in [0.2, 0.25) is 0 Å². The lowest BCUT2D eigenvalue weighted by molar-refractivity contribution is -0.125. The second-order valence-electron chi connectivity index (χ2n) is 2.80. The maximum atomic E-state index is 10.4. The van der Waals surface area contributed by atoms with Gasteiger partial charge in [-0.3, -0.25) is 10.5 Å². The zero-order valence-corrected chi connectivity index (χ0v) is 7.51. The fourth-order valence-corrected chi connectivity index (χ4v) is 0.870. The first-order valence-electron chi connectivity index (χ1n) is 4.04. The SMILES string of the molecule is N#CC(N)(C=O)OCc1ccccc1. The third-order valence-corrected chi connectivity index (χ3v) is 1.67. The summed E-state index contributed by atoms with van der Waals surface area (Å²) in [6.45, 7) is 0.142. The van der Waals surface area contributed by atoms with Gasteiger partial charge in [0, 0.05) is 0 Å². The number of carbonyl (C=O) groups is 1. The van der Waals surface area contributed by atoms with E-state index in [1.165, 1.54) is 0 Å². The molecule has 4 heteroatoms. The largest absolute Gasteiger partial charge is 0.337 e. The maximum Gasteiger partial charge on any atom is 0.263 e. The minimum Gasteiger partial charge on any atom is -0.337 e. The predicted octanol–water partition coefficient (Wildman–Crippen LogP) is 0.581.